The molecule has 5 heteroatoms. The van der Waals surface area contributed by atoms with E-state index in [2.05, 4.69) is 24.3 Å². The lowest BCUT2D eigenvalue weighted by atomic mass is 9.97. The highest BCUT2D eigenvalue weighted by molar-refractivity contribution is 7.11. The van der Waals surface area contributed by atoms with Gasteiger partial charge in [0.05, 0.1) is 17.3 Å². The predicted octanol–water partition coefficient (Wildman–Crippen LogP) is 1.17. The molecule has 1 saturated heterocycles. The van der Waals surface area contributed by atoms with Crippen molar-refractivity contribution in [2.24, 2.45) is 11.8 Å². The molecule has 90 valence electrons. The van der Waals surface area contributed by atoms with Gasteiger partial charge in [-0.2, -0.15) is 0 Å². The van der Waals surface area contributed by atoms with Crippen LogP contribution in [0.5, 0.6) is 0 Å². The maximum atomic E-state index is 5.62. The van der Waals surface area contributed by atoms with E-state index in [1.807, 2.05) is 0 Å². The Hall–Kier alpha value is -0.490. The third kappa shape index (κ3) is 2.60. The summed E-state index contributed by atoms with van der Waals surface area (Å²) in [6.07, 6.45) is 2.00. The van der Waals surface area contributed by atoms with Crippen molar-refractivity contribution in [2.45, 2.75) is 32.7 Å². The van der Waals surface area contributed by atoms with Crippen LogP contribution in [0.25, 0.3) is 0 Å². The van der Waals surface area contributed by atoms with Crippen LogP contribution in [0.3, 0.4) is 0 Å². The molecule has 0 amide bonds. The fourth-order valence-corrected chi connectivity index (χ4v) is 3.04. The molecule has 2 atom stereocenters. The molecule has 0 saturated carbocycles. The molecule has 1 aliphatic heterocycles. The average molecular weight is 241 g/mol. The summed E-state index contributed by atoms with van der Waals surface area (Å²) in [7, 11) is 0. The minimum atomic E-state index is 0.285. The highest BCUT2D eigenvalue weighted by Gasteiger charge is 2.26. The van der Waals surface area contributed by atoms with Gasteiger partial charge in [0.1, 0.15) is 0 Å². The molecule has 0 aliphatic carbocycles. The zero-order valence-corrected chi connectivity index (χ0v) is 10.6. The minimum absolute atomic E-state index is 0.285. The van der Waals surface area contributed by atoms with E-state index < -0.39 is 0 Å². The first-order chi connectivity index (χ1) is 7.70. The quantitative estimate of drug-likeness (QED) is 0.613. The van der Waals surface area contributed by atoms with Gasteiger partial charge in [-0.15, -0.1) is 11.3 Å². The van der Waals surface area contributed by atoms with Gasteiger partial charge in [-0.1, -0.05) is 0 Å². The van der Waals surface area contributed by atoms with Crippen molar-refractivity contribution < 1.29 is 4.74 Å². The fraction of sp³-hybridized carbons (Fsp3) is 0.727. The number of aryl methyl sites for hydroxylation is 2. The van der Waals surface area contributed by atoms with Gasteiger partial charge in [-0.25, -0.2) is 4.98 Å². The standard InChI is InChI=1S/C11H19N3OS/c1-7-8(2)16-11(13-7)5-10(14-12)9-3-4-15-6-9/h9-10,14H,3-6,12H2,1-2H3. The minimum Gasteiger partial charge on any atom is -0.381 e. The molecule has 2 rings (SSSR count). The topological polar surface area (TPSA) is 60.2 Å². The number of hydrogen-bond donors (Lipinski definition) is 2. The molecule has 0 spiro atoms. The van der Waals surface area contributed by atoms with Crippen molar-refractivity contribution in [2.75, 3.05) is 13.2 Å². The smallest absolute Gasteiger partial charge is 0.0947 e. The van der Waals surface area contributed by atoms with Crippen molar-refractivity contribution >= 4 is 11.3 Å². The summed E-state index contributed by atoms with van der Waals surface area (Å²) in [5.41, 5.74) is 4.05. The largest absolute Gasteiger partial charge is 0.381 e. The number of hydrazine groups is 1. The van der Waals surface area contributed by atoms with Gasteiger partial charge < -0.3 is 4.74 Å². The van der Waals surface area contributed by atoms with E-state index in [1.54, 1.807) is 11.3 Å². The maximum Gasteiger partial charge on any atom is 0.0947 e. The summed E-state index contributed by atoms with van der Waals surface area (Å²) in [5, 5.41) is 1.17. The summed E-state index contributed by atoms with van der Waals surface area (Å²) in [6.45, 7) is 5.84. The van der Waals surface area contributed by atoms with Crippen LogP contribution in [-0.2, 0) is 11.2 Å². The predicted molar refractivity (Wildman–Crippen MR) is 65.3 cm³/mol. The Morgan fingerprint density at radius 3 is 2.94 bits per heavy atom. The Bertz CT molecular complexity index is 327. The van der Waals surface area contributed by atoms with Crippen LogP contribution in [-0.4, -0.2) is 24.2 Å². The molecule has 2 unspecified atom stereocenters. The molecule has 0 radical (unpaired) electrons. The Morgan fingerprint density at radius 1 is 1.62 bits per heavy atom. The summed E-state index contributed by atoms with van der Waals surface area (Å²) in [5.74, 6) is 6.14. The van der Waals surface area contributed by atoms with Crippen molar-refractivity contribution in [3.8, 4) is 0 Å². The zero-order valence-electron chi connectivity index (χ0n) is 9.82. The van der Waals surface area contributed by atoms with Crippen molar-refractivity contribution in [3.05, 3.63) is 15.6 Å². The molecule has 16 heavy (non-hydrogen) atoms. The van der Waals surface area contributed by atoms with Crippen molar-refractivity contribution in [1.82, 2.24) is 10.4 Å². The van der Waals surface area contributed by atoms with E-state index in [4.69, 9.17) is 10.6 Å². The average Bonchev–Trinajstić information content (AvgIpc) is 2.86. The van der Waals surface area contributed by atoms with E-state index in [1.165, 1.54) is 9.88 Å². The van der Waals surface area contributed by atoms with Gasteiger partial charge in [0.15, 0.2) is 0 Å². The first-order valence-corrected chi connectivity index (χ1v) is 6.49. The van der Waals surface area contributed by atoms with Gasteiger partial charge >= 0.3 is 0 Å². The number of aromatic nitrogens is 1. The summed E-state index contributed by atoms with van der Waals surface area (Å²) < 4.78 is 5.39. The number of hydrogen-bond acceptors (Lipinski definition) is 5. The molecule has 3 N–H and O–H groups in total. The van der Waals surface area contributed by atoms with Crippen LogP contribution in [0, 0.1) is 19.8 Å². The Balaban J connectivity index is 2.00. The van der Waals surface area contributed by atoms with Crippen LogP contribution in [0.4, 0.5) is 0 Å². The second-order valence-corrected chi connectivity index (χ2v) is 5.64. The molecular weight excluding hydrogens is 222 g/mol. The van der Waals surface area contributed by atoms with E-state index >= 15 is 0 Å². The second kappa shape index (κ2) is 5.23. The maximum absolute atomic E-state index is 5.62. The molecule has 1 aromatic rings. The van der Waals surface area contributed by atoms with E-state index in [0.717, 1.165) is 31.7 Å². The number of nitrogens with two attached hydrogens (primary N) is 1. The molecule has 4 nitrogen and oxygen atoms in total. The van der Waals surface area contributed by atoms with Crippen molar-refractivity contribution in [3.63, 3.8) is 0 Å². The fourth-order valence-electron chi connectivity index (χ4n) is 2.05. The number of thiazole rings is 1. The highest BCUT2D eigenvalue weighted by atomic mass is 32.1. The van der Waals surface area contributed by atoms with E-state index in [0.29, 0.717) is 5.92 Å². The summed E-state index contributed by atoms with van der Waals surface area (Å²) >= 11 is 1.77. The van der Waals surface area contributed by atoms with Crippen LogP contribution >= 0.6 is 11.3 Å². The van der Waals surface area contributed by atoms with Crippen LogP contribution in [0.2, 0.25) is 0 Å². The summed E-state index contributed by atoms with van der Waals surface area (Å²) in [4.78, 5) is 5.85. The SMILES string of the molecule is Cc1nc(CC(NN)C2CCOC2)sc1C. The lowest BCUT2D eigenvalue weighted by molar-refractivity contribution is 0.176. The van der Waals surface area contributed by atoms with Gasteiger partial charge in [0.25, 0.3) is 0 Å². The third-order valence-corrected chi connectivity index (χ3v) is 4.31. The molecule has 1 aromatic heterocycles. The van der Waals surface area contributed by atoms with Crippen LogP contribution < -0.4 is 11.3 Å². The van der Waals surface area contributed by atoms with Crippen molar-refractivity contribution in [1.29, 1.82) is 0 Å². The Labute approximate surface area is 100 Å². The number of ether oxygens (including phenoxy) is 1. The van der Waals surface area contributed by atoms with Crippen LogP contribution in [0.1, 0.15) is 22.0 Å². The summed E-state index contributed by atoms with van der Waals surface area (Å²) in [6, 6.07) is 0.285. The monoisotopic (exact) mass is 241 g/mol. The van der Waals surface area contributed by atoms with E-state index in [-0.39, 0.29) is 6.04 Å². The zero-order chi connectivity index (χ0) is 11.5. The Morgan fingerprint density at radius 2 is 2.44 bits per heavy atom. The van der Waals surface area contributed by atoms with Gasteiger partial charge in [0, 0.05) is 29.9 Å². The first kappa shape index (κ1) is 12.0. The second-order valence-electron chi connectivity index (χ2n) is 4.35. The molecule has 0 bridgehead atoms. The highest BCUT2D eigenvalue weighted by Crippen LogP contribution is 2.23. The van der Waals surface area contributed by atoms with E-state index in [9.17, 15) is 0 Å². The van der Waals surface area contributed by atoms with Gasteiger partial charge in [0.2, 0.25) is 0 Å². The van der Waals surface area contributed by atoms with Gasteiger partial charge in [-0.3, -0.25) is 11.3 Å². The lowest BCUT2D eigenvalue weighted by Gasteiger charge is -2.20. The molecular formula is C11H19N3OS. The molecule has 1 fully saturated rings. The first-order valence-electron chi connectivity index (χ1n) is 5.67. The number of rotatable bonds is 4. The van der Waals surface area contributed by atoms with Gasteiger partial charge in [-0.05, 0) is 20.3 Å². The third-order valence-electron chi connectivity index (χ3n) is 3.22. The molecule has 1 aliphatic rings. The molecule has 0 aromatic carbocycles. The number of nitrogens with zero attached hydrogens (tertiary/aromatic N) is 1. The Kier molecular flexibility index (Phi) is 3.91. The normalized spacial score (nSPS) is 22.6. The molecule has 2 heterocycles. The van der Waals surface area contributed by atoms with Crippen LogP contribution in [0.15, 0.2) is 0 Å². The lowest BCUT2D eigenvalue weighted by Crippen LogP contribution is -2.42. The number of nitrogens with one attached hydrogen (secondary N) is 1.